The first-order valence-electron chi connectivity index (χ1n) is 8.97. The Morgan fingerprint density at radius 3 is 2.60 bits per heavy atom. The number of fused-ring (bicyclic) bond motifs is 1. The molecule has 1 aliphatic rings. The number of likely N-dealkylation sites (tertiary alicyclic amines) is 1. The average molecular weight is 336 g/mol. The van der Waals surface area contributed by atoms with Gasteiger partial charge in [0.25, 0.3) is 0 Å². The minimum absolute atomic E-state index is 0.386. The largest absolute Gasteiger partial charge is 0.508 e. The van der Waals surface area contributed by atoms with Gasteiger partial charge < -0.3 is 9.52 Å². The Morgan fingerprint density at radius 1 is 1.12 bits per heavy atom. The van der Waals surface area contributed by atoms with Crippen LogP contribution in [-0.4, -0.2) is 28.1 Å². The molecule has 4 rings (SSSR count). The van der Waals surface area contributed by atoms with E-state index in [1.807, 2.05) is 37.3 Å². The average Bonchev–Trinajstić information content (AvgIpc) is 3.04. The molecule has 3 aromatic rings. The Hall–Kier alpha value is -2.33. The molecule has 130 valence electrons. The van der Waals surface area contributed by atoms with Crippen molar-refractivity contribution < 1.29 is 9.52 Å². The summed E-state index contributed by atoms with van der Waals surface area (Å²) < 4.78 is 5.94. The molecule has 0 radical (unpaired) electrons. The van der Waals surface area contributed by atoms with Crippen molar-refractivity contribution in [2.75, 3.05) is 13.1 Å². The third-order valence-electron chi connectivity index (χ3n) is 5.34. The number of hydrogen-bond acceptors (Lipinski definition) is 4. The number of oxazole rings is 1. The maximum absolute atomic E-state index is 10.2. The predicted molar refractivity (Wildman–Crippen MR) is 98.8 cm³/mol. The lowest BCUT2D eigenvalue weighted by molar-refractivity contribution is 0.192. The number of benzene rings is 2. The number of piperidine rings is 1. The molecule has 0 amide bonds. The van der Waals surface area contributed by atoms with Crippen molar-refractivity contribution in [1.82, 2.24) is 9.88 Å². The quantitative estimate of drug-likeness (QED) is 0.763. The van der Waals surface area contributed by atoms with E-state index in [0.717, 1.165) is 60.6 Å². The highest BCUT2D eigenvalue weighted by molar-refractivity contribution is 5.72. The zero-order chi connectivity index (χ0) is 17.4. The number of nitrogens with zero attached hydrogens (tertiary/aromatic N) is 2. The monoisotopic (exact) mass is 336 g/mol. The van der Waals surface area contributed by atoms with Crippen LogP contribution >= 0.6 is 0 Å². The van der Waals surface area contributed by atoms with Gasteiger partial charge in [0, 0.05) is 18.0 Å². The Morgan fingerprint density at radius 2 is 1.84 bits per heavy atom. The Balaban J connectivity index is 1.42. The summed E-state index contributed by atoms with van der Waals surface area (Å²) in [6, 6.07) is 11.9. The molecule has 25 heavy (non-hydrogen) atoms. The summed E-state index contributed by atoms with van der Waals surface area (Å²) >= 11 is 0. The molecule has 0 bridgehead atoms. The summed E-state index contributed by atoms with van der Waals surface area (Å²) in [6.45, 7) is 6.92. The predicted octanol–water partition coefficient (Wildman–Crippen LogP) is 4.53. The highest BCUT2D eigenvalue weighted by Crippen LogP contribution is 2.31. The minimum Gasteiger partial charge on any atom is -0.508 e. The summed E-state index contributed by atoms with van der Waals surface area (Å²) in [6.07, 6.45) is 2.08. The first-order valence-corrected chi connectivity index (χ1v) is 8.97. The van der Waals surface area contributed by atoms with Gasteiger partial charge in [0.2, 0.25) is 0 Å². The lowest BCUT2D eigenvalue weighted by atomic mass is 9.96. The minimum atomic E-state index is 0.386. The number of para-hydroxylation sites is 2. The molecule has 0 saturated carbocycles. The molecule has 1 aliphatic heterocycles. The van der Waals surface area contributed by atoms with Gasteiger partial charge in [-0.05, 0) is 69.1 Å². The zero-order valence-corrected chi connectivity index (χ0v) is 14.8. The molecule has 1 fully saturated rings. The molecular formula is C21H24N2O2. The number of aromatic hydroxyl groups is 1. The maximum atomic E-state index is 10.2. The fourth-order valence-electron chi connectivity index (χ4n) is 3.63. The highest BCUT2D eigenvalue weighted by Gasteiger charge is 2.25. The fraction of sp³-hybridized carbons (Fsp3) is 0.381. The third kappa shape index (κ3) is 3.27. The zero-order valence-electron chi connectivity index (χ0n) is 14.8. The van der Waals surface area contributed by atoms with Crippen LogP contribution in [-0.2, 0) is 6.54 Å². The second-order valence-electron chi connectivity index (χ2n) is 7.14. The molecule has 4 heteroatoms. The van der Waals surface area contributed by atoms with Gasteiger partial charge in [-0.1, -0.05) is 18.2 Å². The molecule has 4 nitrogen and oxygen atoms in total. The standard InChI is InChI=1S/C21H24N2O2/c1-14-11-17(19(24)12-15(14)2)13-23-9-7-16(8-10-23)21-22-18-5-3-4-6-20(18)25-21/h3-6,11-12,16,24H,7-10,13H2,1-2H3. The van der Waals surface area contributed by atoms with E-state index < -0.39 is 0 Å². The van der Waals surface area contributed by atoms with Crippen LogP contribution in [0.4, 0.5) is 0 Å². The molecule has 0 aliphatic carbocycles. The molecule has 0 atom stereocenters. The van der Waals surface area contributed by atoms with Gasteiger partial charge in [-0.2, -0.15) is 0 Å². The van der Waals surface area contributed by atoms with E-state index in [0.29, 0.717) is 11.7 Å². The van der Waals surface area contributed by atoms with Gasteiger partial charge in [0.1, 0.15) is 11.3 Å². The first-order chi connectivity index (χ1) is 12.1. The van der Waals surface area contributed by atoms with E-state index in [1.54, 1.807) is 0 Å². The third-order valence-corrected chi connectivity index (χ3v) is 5.34. The highest BCUT2D eigenvalue weighted by atomic mass is 16.3. The van der Waals surface area contributed by atoms with Crippen LogP contribution in [0, 0.1) is 13.8 Å². The lowest BCUT2D eigenvalue weighted by Crippen LogP contribution is -2.32. The topological polar surface area (TPSA) is 49.5 Å². The normalized spacial score (nSPS) is 16.6. The molecule has 2 heterocycles. The first kappa shape index (κ1) is 16.2. The van der Waals surface area contributed by atoms with Crippen molar-refractivity contribution >= 4 is 11.1 Å². The molecule has 0 unspecified atom stereocenters. The van der Waals surface area contributed by atoms with E-state index in [-0.39, 0.29) is 0 Å². The molecule has 1 aromatic heterocycles. The van der Waals surface area contributed by atoms with Crippen LogP contribution in [0.2, 0.25) is 0 Å². The van der Waals surface area contributed by atoms with Crippen LogP contribution in [0.25, 0.3) is 11.1 Å². The molecular weight excluding hydrogens is 312 g/mol. The smallest absolute Gasteiger partial charge is 0.198 e. The molecule has 1 saturated heterocycles. The number of aromatic nitrogens is 1. The van der Waals surface area contributed by atoms with Crippen LogP contribution < -0.4 is 0 Å². The van der Waals surface area contributed by atoms with Crippen LogP contribution in [0.5, 0.6) is 5.75 Å². The van der Waals surface area contributed by atoms with Crippen LogP contribution in [0.3, 0.4) is 0 Å². The van der Waals surface area contributed by atoms with Crippen LogP contribution in [0.15, 0.2) is 40.8 Å². The SMILES string of the molecule is Cc1cc(O)c(CN2CCC(c3nc4ccccc4o3)CC2)cc1C. The van der Waals surface area contributed by atoms with Crippen molar-refractivity contribution in [3.05, 3.63) is 59.0 Å². The van der Waals surface area contributed by atoms with Crippen LogP contribution in [0.1, 0.15) is 41.3 Å². The van der Waals surface area contributed by atoms with Gasteiger partial charge in [0.05, 0.1) is 0 Å². The van der Waals surface area contributed by atoms with E-state index >= 15 is 0 Å². The Labute approximate surface area is 148 Å². The number of phenolic OH excluding ortho intramolecular Hbond substituents is 1. The summed E-state index contributed by atoms with van der Waals surface area (Å²) in [5.41, 5.74) is 5.20. The number of hydrogen-bond donors (Lipinski definition) is 1. The van der Waals surface area contributed by atoms with Crippen molar-refractivity contribution in [1.29, 1.82) is 0 Å². The summed E-state index contributed by atoms with van der Waals surface area (Å²) in [4.78, 5) is 7.06. The van der Waals surface area contributed by atoms with E-state index in [1.165, 1.54) is 5.56 Å². The molecule has 2 aromatic carbocycles. The summed E-state index contributed by atoms with van der Waals surface area (Å²) in [7, 11) is 0. The number of phenols is 1. The van der Waals surface area contributed by atoms with E-state index in [2.05, 4.69) is 22.9 Å². The molecule has 0 spiro atoms. The summed E-state index contributed by atoms with van der Waals surface area (Å²) in [5, 5.41) is 10.2. The Kier molecular flexibility index (Phi) is 4.22. The van der Waals surface area contributed by atoms with E-state index in [4.69, 9.17) is 4.42 Å². The lowest BCUT2D eigenvalue weighted by Gasteiger charge is -2.30. The second kappa shape index (κ2) is 6.52. The molecule has 1 N–H and O–H groups in total. The van der Waals surface area contributed by atoms with Crippen molar-refractivity contribution in [3.8, 4) is 5.75 Å². The van der Waals surface area contributed by atoms with Crippen molar-refractivity contribution in [2.45, 2.75) is 39.2 Å². The summed E-state index contributed by atoms with van der Waals surface area (Å²) in [5.74, 6) is 1.66. The van der Waals surface area contributed by atoms with Gasteiger partial charge in [-0.15, -0.1) is 0 Å². The van der Waals surface area contributed by atoms with Gasteiger partial charge >= 0.3 is 0 Å². The number of rotatable bonds is 3. The fourth-order valence-corrected chi connectivity index (χ4v) is 3.63. The van der Waals surface area contributed by atoms with E-state index in [9.17, 15) is 5.11 Å². The number of aryl methyl sites for hydroxylation is 2. The Bertz CT molecular complexity index is 859. The van der Waals surface area contributed by atoms with Gasteiger partial charge in [0.15, 0.2) is 11.5 Å². The van der Waals surface area contributed by atoms with Crippen molar-refractivity contribution in [3.63, 3.8) is 0 Å². The second-order valence-corrected chi connectivity index (χ2v) is 7.14. The van der Waals surface area contributed by atoms with Crippen molar-refractivity contribution in [2.24, 2.45) is 0 Å². The van der Waals surface area contributed by atoms with Gasteiger partial charge in [-0.25, -0.2) is 4.98 Å². The maximum Gasteiger partial charge on any atom is 0.198 e. The van der Waals surface area contributed by atoms with Gasteiger partial charge in [-0.3, -0.25) is 4.90 Å².